The molecule has 0 radical (unpaired) electrons. The van der Waals surface area contributed by atoms with Gasteiger partial charge in [0.25, 0.3) is 0 Å². The third-order valence-corrected chi connectivity index (χ3v) is 4.40. The third kappa shape index (κ3) is 8.96. The second kappa shape index (κ2) is 13.7. The van der Waals surface area contributed by atoms with Gasteiger partial charge in [-0.1, -0.05) is 22.0 Å². The summed E-state index contributed by atoms with van der Waals surface area (Å²) < 4.78 is 25.6. The summed E-state index contributed by atoms with van der Waals surface area (Å²) in [5.41, 5.74) is 0.572. The Bertz CT molecular complexity index is 557. The molecule has 1 aromatic rings. The molecule has 0 bridgehead atoms. The minimum absolute atomic E-state index is 0. The molecule has 26 heavy (non-hydrogen) atoms. The van der Waals surface area contributed by atoms with Crippen LogP contribution < -0.4 is 10.6 Å². The van der Waals surface area contributed by atoms with E-state index in [2.05, 4.69) is 31.6 Å². The van der Waals surface area contributed by atoms with Crippen LogP contribution in [0.5, 0.6) is 0 Å². The fourth-order valence-corrected chi connectivity index (χ4v) is 2.83. The number of hydrogen-bond donors (Lipinski definition) is 2. The van der Waals surface area contributed by atoms with E-state index in [9.17, 15) is 4.39 Å². The van der Waals surface area contributed by atoms with Gasteiger partial charge in [0.05, 0.1) is 19.8 Å². The summed E-state index contributed by atoms with van der Waals surface area (Å²) in [5.74, 6) is 0.986. The lowest BCUT2D eigenvalue weighted by molar-refractivity contribution is 0.0888. The lowest BCUT2D eigenvalue weighted by Gasteiger charge is -2.12. The first-order valence-corrected chi connectivity index (χ1v) is 9.60. The topological polar surface area (TPSA) is 54.9 Å². The van der Waals surface area contributed by atoms with Crippen molar-refractivity contribution < 1.29 is 13.9 Å². The summed E-state index contributed by atoms with van der Waals surface area (Å²) in [6.07, 6.45) is 1.99. The molecule has 1 heterocycles. The Morgan fingerprint density at radius 3 is 2.96 bits per heavy atom. The summed E-state index contributed by atoms with van der Waals surface area (Å²) in [5, 5.41) is 6.42. The zero-order valence-electron chi connectivity index (χ0n) is 15.1. The van der Waals surface area contributed by atoms with Crippen LogP contribution in [-0.4, -0.2) is 45.5 Å². The molecule has 2 rings (SSSR count). The molecule has 1 unspecified atom stereocenters. The minimum atomic E-state index is -0.252. The van der Waals surface area contributed by atoms with E-state index >= 15 is 0 Å². The molecular formula is C18H28BrFIN3O2. The van der Waals surface area contributed by atoms with E-state index in [1.807, 2.05) is 13.0 Å². The van der Waals surface area contributed by atoms with Gasteiger partial charge in [0.1, 0.15) is 5.82 Å². The number of nitrogens with one attached hydrogen (secondary N) is 2. The van der Waals surface area contributed by atoms with Crippen LogP contribution in [0.25, 0.3) is 0 Å². The van der Waals surface area contributed by atoms with Gasteiger partial charge in [-0.3, -0.25) is 0 Å². The van der Waals surface area contributed by atoms with E-state index in [1.165, 1.54) is 6.07 Å². The molecule has 1 aliphatic rings. The van der Waals surface area contributed by atoms with Crippen LogP contribution in [0.15, 0.2) is 27.7 Å². The number of aliphatic imine (C=N–C) groups is 1. The second-order valence-electron chi connectivity index (χ2n) is 6.02. The van der Waals surface area contributed by atoms with Crippen molar-refractivity contribution in [2.45, 2.75) is 26.3 Å². The van der Waals surface area contributed by atoms with E-state index in [-0.39, 0.29) is 29.8 Å². The molecule has 0 saturated carbocycles. The van der Waals surface area contributed by atoms with Crippen molar-refractivity contribution in [2.24, 2.45) is 10.9 Å². The van der Waals surface area contributed by atoms with Gasteiger partial charge in [-0.25, -0.2) is 9.38 Å². The van der Waals surface area contributed by atoms with Gasteiger partial charge in [0, 0.05) is 42.3 Å². The number of rotatable bonds is 9. The first-order chi connectivity index (χ1) is 12.2. The van der Waals surface area contributed by atoms with Gasteiger partial charge in [-0.2, -0.15) is 0 Å². The molecule has 0 aromatic heterocycles. The van der Waals surface area contributed by atoms with E-state index in [0.717, 1.165) is 50.2 Å². The summed E-state index contributed by atoms with van der Waals surface area (Å²) in [4.78, 5) is 4.44. The maximum atomic E-state index is 13.8. The van der Waals surface area contributed by atoms with Crippen LogP contribution in [0.4, 0.5) is 4.39 Å². The van der Waals surface area contributed by atoms with E-state index in [4.69, 9.17) is 9.47 Å². The van der Waals surface area contributed by atoms with Crippen molar-refractivity contribution in [3.8, 4) is 0 Å². The van der Waals surface area contributed by atoms with Crippen molar-refractivity contribution in [3.63, 3.8) is 0 Å². The molecule has 0 amide bonds. The molecule has 1 aromatic carbocycles. The van der Waals surface area contributed by atoms with Crippen LogP contribution in [-0.2, 0) is 16.0 Å². The number of hydrogen-bond acceptors (Lipinski definition) is 3. The first kappa shape index (κ1) is 23.6. The number of ether oxygens (including phenoxy) is 2. The summed E-state index contributed by atoms with van der Waals surface area (Å²) in [6, 6.07) is 5.02. The Labute approximate surface area is 180 Å². The molecular weight excluding hydrogens is 516 g/mol. The smallest absolute Gasteiger partial charge is 0.191 e. The molecule has 0 aliphatic carbocycles. The van der Waals surface area contributed by atoms with Crippen LogP contribution in [0.2, 0.25) is 0 Å². The Morgan fingerprint density at radius 1 is 1.42 bits per heavy atom. The predicted molar refractivity (Wildman–Crippen MR) is 117 cm³/mol. The number of benzene rings is 1. The third-order valence-electron chi connectivity index (χ3n) is 3.90. The standard InChI is InChI=1S/C18H27BrFN3O2.HI/c1-2-21-18(23-11-15-4-5-16(19)10-17(15)20)22-7-3-8-24-12-14-6-9-25-13-14;/h4-5,10,14H,2-3,6-9,11-13H2,1H3,(H2,21,22,23);1H. The summed E-state index contributed by atoms with van der Waals surface area (Å²) in [7, 11) is 0. The SMILES string of the molecule is CCNC(=NCc1ccc(Br)cc1F)NCCCOCC1CCOC1.I. The van der Waals surface area contributed by atoms with Crippen LogP contribution >= 0.6 is 39.9 Å². The Morgan fingerprint density at radius 2 is 2.27 bits per heavy atom. The molecule has 8 heteroatoms. The van der Waals surface area contributed by atoms with E-state index in [1.54, 1.807) is 6.07 Å². The zero-order valence-corrected chi connectivity index (χ0v) is 19.0. The maximum absolute atomic E-state index is 13.8. The van der Waals surface area contributed by atoms with Gasteiger partial charge in [-0.15, -0.1) is 24.0 Å². The highest BCUT2D eigenvalue weighted by Gasteiger charge is 2.15. The van der Waals surface area contributed by atoms with E-state index < -0.39 is 0 Å². The Kier molecular flexibility index (Phi) is 12.4. The van der Waals surface area contributed by atoms with Gasteiger partial charge in [0.15, 0.2) is 5.96 Å². The average molecular weight is 544 g/mol. The molecule has 5 nitrogen and oxygen atoms in total. The first-order valence-electron chi connectivity index (χ1n) is 8.80. The highest BCUT2D eigenvalue weighted by molar-refractivity contribution is 14.0. The van der Waals surface area contributed by atoms with E-state index in [0.29, 0.717) is 30.6 Å². The lowest BCUT2D eigenvalue weighted by Crippen LogP contribution is -2.38. The average Bonchev–Trinajstić information content (AvgIpc) is 3.10. The van der Waals surface area contributed by atoms with Crippen molar-refractivity contribution in [1.29, 1.82) is 0 Å². The minimum Gasteiger partial charge on any atom is -0.381 e. The quantitative estimate of drug-likeness (QED) is 0.216. The fraction of sp³-hybridized carbons (Fsp3) is 0.611. The number of nitrogens with zero attached hydrogens (tertiary/aromatic N) is 1. The van der Waals surface area contributed by atoms with Crippen LogP contribution in [0.1, 0.15) is 25.3 Å². The normalized spacial score (nSPS) is 17.0. The molecule has 1 atom stereocenters. The van der Waals surface area contributed by atoms with Crippen LogP contribution in [0, 0.1) is 11.7 Å². The van der Waals surface area contributed by atoms with Crippen molar-refractivity contribution in [1.82, 2.24) is 10.6 Å². The van der Waals surface area contributed by atoms with Crippen molar-refractivity contribution in [3.05, 3.63) is 34.1 Å². The molecule has 1 saturated heterocycles. The van der Waals surface area contributed by atoms with Crippen molar-refractivity contribution in [2.75, 3.05) is 39.5 Å². The summed E-state index contributed by atoms with van der Waals surface area (Å²) >= 11 is 3.26. The van der Waals surface area contributed by atoms with Gasteiger partial charge < -0.3 is 20.1 Å². The Hall–Kier alpha value is -0.450. The molecule has 1 aliphatic heterocycles. The monoisotopic (exact) mass is 543 g/mol. The highest BCUT2D eigenvalue weighted by Crippen LogP contribution is 2.16. The van der Waals surface area contributed by atoms with Gasteiger partial charge in [-0.05, 0) is 31.9 Å². The zero-order chi connectivity index (χ0) is 17.9. The largest absolute Gasteiger partial charge is 0.381 e. The predicted octanol–water partition coefficient (Wildman–Crippen LogP) is 3.70. The molecule has 148 valence electrons. The van der Waals surface area contributed by atoms with Crippen molar-refractivity contribution >= 4 is 45.9 Å². The lowest BCUT2D eigenvalue weighted by atomic mass is 10.1. The maximum Gasteiger partial charge on any atom is 0.191 e. The number of halogens is 3. The molecule has 1 fully saturated rings. The highest BCUT2D eigenvalue weighted by atomic mass is 127. The molecule has 2 N–H and O–H groups in total. The van der Waals surface area contributed by atoms with Gasteiger partial charge in [0.2, 0.25) is 0 Å². The second-order valence-corrected chi connectivity index (χ2v) is 6.93. The molecule has 0 spiro atoms. The van der Waals surface area contributed by atoms with Gasteiger partial charge >= 0.3 is 0 Å². The fourth-order valence-electron chi connectivity index (χ4n) is 2.50. The van der Waals surface area contributed by atoms with Crippen LogP contribution in [0.3, 0.4) is 0 Å². The Balaban J connectivity index is 0.00000338. The number of guanidine groups is 1. The summed E-state index contributed by atoms with van der Waals surface area (Å²) in [6.45, 7) is 6.99.